The number of pyridine rings is 1. The summed E-state index contributed by atoms with van der Waals surface area (Å²) in [4.78, 5) is 17.6. The molecule has 0 bridgehead atoms. The molecule has 2 aromatic heterocycles. The molecular formula is C18H18NO2S. The SMILES string of the molecule is C=C(C(=O)OCCc1cccs1)C(C1=C[CH]1)c1cccnc1.[HH]. The van der Waals surface area contributed by atoms with Crippen molar-refractivity contribution in [1.29, 1.82) is 0 Å². The Morgan fingerprint density at radius 2 is 2.27 bits per heavy atom. The molecule has 1 aliphatic carbocycles. The van der Waals surface area contributed by atoms with Gasteiger partial charge in [-0.3, -0.25) is 4.98 Å². The summed E-state index contributed by atoms with van der Waals surface area (Å²) in [7, 11) is 0. The van der Waals surface area contributed by atoms with E-state index in [0.717, 1.165) is 17.6 Å². The minimum Gasteiger partial charge on any atom is -0.462 e. The van der Waals surface area contributed by atoms with E-state index in [1.54, 1.807) is 23.7 Å². The largest absolute Gasteiger partial charge is 0.462 e. The van der Waals surface area contributed by atoms with E-state index in [-0.39, 0.29) is 13.3 Å². The highest BCUT2D eigenvalue weighted by molar-refractivity contribution is 7.09. The molecule has 0 spiro atoms. The average Bonchev–Trinajstić information content (AvgIpc) is 3.23. The molecule has 22 heavy (non-hydrogen) atoms. The number of hydrogen-bond donors (Lipinski definition) is 0. The predicted molar refractivity (Wildman–Crippen MR) is 89.6 cm³/mol. The third-order valence-electron chi connectivity index (χ3n) is 3.48. The molecule has 1 atom stereocenters. The molecule has 2 aromatic rings. The van der Waals surface area contributed by atoms with Crippen LogP contribution in [0, 0.1) is 6.42 Å². The van der Waals surface area contributed by atoms with Crippen LogP contribution in [-0.4, -0.2) is 17.6 Å². The Bertz CT molecular complexity index is 695. The molecule has 2 heterocycles. The Morgan fingerprint density at radius 3 is 2.91 bits per heavy atom. The van der Waals surface area contributed by atoms with Gasteiger partial charge in [-0.25, -0.2) is 4.79 Å². The third kappa shape index (κ3) is 3.52. The number of rotatable bonds is 7. The van der Waals surface area contributed by atoms with E-state index in [4.69, 9.17) is 4.74 Å². The van der Waals surface area contributed by atoms with Crippen molar-refractivity contribution in [3.63, 3.8) is 0 Å². The van der Waals surface area contributed by atoms with Gasteiger partial charge >= 0.3 is 5.97 Å². The topological polar surface area (TPSA) is 39.2 Å². The number of hydrogen-bond acceptors (Lipinski definition) is 4. The van der Waals surface area contributed by atoms with E-state index in [9.17, 15) is 4.79 Å². The molecule has 1 unspecified atom stereocenters. The van der Waals surface area contributed by atoms with Gasteiger partial charge in [-0.05, 0) is 23.1 Å². The first-order chi connectivity index (χ1) is 10.8. The predicted octanol–water partition coefficient (Wildman–Crippen LogP) is 3.96. The maximum Gasteiger partial charge on any atom is 0.334 e. The number of aromatic nitrogens is 1. The molecule has 0 aliphatic heterocycles. The lowest BCUT2D eigenvalue weighted by molar-refractivity contribution is -0.139. The van der Waals surface area contributed by atoms with Gasteiger partial charge in [0.25, 0.3) is 0 Å². The number of esters is 1. The lowest BCUT2D eigenvalue weighted by Gasteiger charge is -2.16. The first kappa shape index (κ1) is 14.7. The molecule has 3 rings (SSSR count). The smallest absolute Gasteiger partial charge is 0.334 e. The zero-order valence-corrected chi connectivity index (χ0v) is 12.9. The van der Waals surface area contributed by atoms with Crippen LogP contribution >= 0.6 is 11.3 Å². The minimum absolute atomic E-state index is 0. The van der Waals surface area contributed by atoms with Crippen molar-refractivity contribution in [3.8, 4) is 0 Å². The van der Waals surface area contributed by atoms with Crippen LogP contribution in [0.25, 0.3) is 0 Å². The molecule has 0 amide bonds. The second kappa shape index (κ2) is 6.71. The normalized spacial score (nSPS) is 14.1. The van der Waals surface area contributed by atoms with Crippen molar-refractivity contribution in [2.45, 2.75) is 12.3 Å². The van der Waals surface area contributed by atoms with Crippen molar-refractivity contribution in [3.05, 3.63) is 82.7 Å². The molecular weight excluding hydrogens is 294 g/mol. The number of nitrogens with zero attached hydrogens (tertiary/aromatic N) is 1. The number of thiophene rings is 1. The van der Waals surface area contributed by atoms with E-state index in [2.05, 4.69) is 11.6 Å². The molecule has 113 valence electrons. The summed E-state index contributed by atoms with van der Waals surface area (Å²) in [6.07, 6.45) is 8.20. The van der Waals surface area contributed by atoms with Crippen LogP contribution in [0.15, 0.2) is 65.8 Å². The quantitative estimate of drug-likeness (QED) is 0.574. The van der Waals surface area contributed by atoms with Crippen LogP contribution in [0.2, 0.25) is 0 Å². The number of carbonyl (C=O) groups is 1. The fourth-order valence-corrected chi connectivity index (χ4v) is 2.98. The fourth-order valence-electron chi connectivity index (χ4n) is 2.29. The van der Waals surface area contributed by atoms with E-state index >= 15 is 0 Å². The summed E-state index contributed by atoms with van der Waals surface area (Å²) in [6.45, 7) is 4.32. The standard InChI is InChI=1S/C18H16NO2S.H2/c1-13(18(20)21-10-8-16-5-3-11-22-16)17(14-6-7-14)15-4-2-9-19-12-15;/h2-7,9,11-12,17H,1,8,10H2;1H. The van der Waals surface area contributed by atoms with Gasteiger partial charge in [0.1, 0.15) is 0 Å². The van der Waals surface area contributed by atoms with Crippen LogP contribution in [0.4, 0.5) is 0 Å². The third-order valence-corrected chi connectivity index (χ3v) is 4.42. The Balaban J connectivity index is 0.00000192. The molecule has 1 aliphatic rings. The summed E-state index contributed by atoms with van der Waals surface area (Å²) < 4.78 is 5.36. The Morgan fingerprint density at radius 1 is 1.41 bits per heavy atom. The molecule has 3 nitrogen and oxygen atoms in total. The van der Waals surface area contributed by atoms with Gasteiger partial charge in [0, 0.05) is 43.0 Å². The Labute approximate surface area is 135 Å². The van der Waals surface area contributed by atoms with Crippen molar-refractivity contribution < 1.29 is 11.0 Å². The van der Waals surface area contributed by atoms with E-state index in [1.165, 1.54) is 4.88 Å². The zero-order valence-electron chi connectivity index (χ0n) is 12.1. The van der Waals surface area contributed by atoms with Crippen LogP contribution in [0.5, 0.6) is 0 Å². The first-order valence-corrected chi connectivity index (χ1v) is 7.97. The van der Waals surface area contributed by atoms with Gasteiger partial charge in [0.15, 0.2) is 0 Å². The highest BCUT2D eigenvalue weighted by Crippen LogP contribution is 2.39. The van der Waals surface area contributed by atoms with Crippen molar-refractivity contribution >= 4 is 17.3 Å². The molecule has 4 heteroatoms. The summed E-state index contributed by atoms with van der Waals surface area (Å²) in [5, 5.41) is 2.02. The average molecular weight is 312 g/mol. The van der Waals surface area contributed by atoms with Gasteiger partial charge in [0.2, 0.25) is 0 Å². The molecule has 0 N–H and O–H groups in total. The van der Waals surface area contributed by atoms with Gasteiger partial charge in [-0.1, -0.05) is 30.4 Å². The van der Waals surface area contributed by atoms with Crippen LogP contribution in [-0.2, 0) is 16.0 Å². The molecule has 0 fully saturated rings. The van der Waals surface area contributed by atoms with Crippen LogP contribution in [0.1, 0.15) is 17.8 Å². The summed E-state index contributed by atoms with van der Waals surface area (Å²) in [5.41, 5.74) is 2.51. The lowest BCUT2D eigenvalue weighted by Crippen LogP contribution is -2.15. The summed E-state index contributed by atoms with van der Waals surface area (Å²) in [6, 6.07) is 7.85. The number of allylic oxidation sites excluding steroid dienone is 2. The second-order valence-corrected chi connectivity index (χ2v) is 6.08. The Hall–Kier alpha value is -2.20. The highest BCUT2D eigenvalue weighted by atomic mass is 32.1. The second-order valence-electron chi connectivity index (χ2n) is 5.04. The molecule has 1 radical (unpaired) electrons. The van der Waals surface area contributed by atoms with Gasteiger partial charge in [-0.15, -0.1) is 11.3 Å². The number of ether oxygens (including phenoxy) is 1. The fraction of sp³-hybridized carbons (Fsp3) is 0.167. The number of carbonyl (C=O) groups excluding carboxylic acids is 1. The lowest BCUT2D eigenvalue weighted by atomic mass is 9.90. The van der Waals surface area contributed by atoms with Crippen molar-refractivity contribution in [2.75, 3.05) is 6.61 Å². The zero-order chi connectivity index (χ0) is 15.4. The monoisotopic (exact) mass is 312 g/mol. The summed E-state index contributed by atoms with van der Waals surface area (Å²) >= 11 is 1.66. The van der Waals surface area contributed by atoms with E-state index < -0.39 is 0 Å². The van der Waals surface area contributed by atoms with Crippen LogP contribution < -0.4 is 0 Å². The Kier molecular flexibility index (Phi) is 4.49. The molecule has 0 aromatic carbocycles. The highest BCUT2D eigenvalue weighted by Gasteiger charge is 2.29. The minimum atomic E-state index is -0.341. The van der Waals surface area contributed by atoms with E-state index in [1.807, 2.05) is 42.1 Å². The van der Waals surface area contributed by atoms with E-state index in [0.29, 0.717) is 12.2 Å². The van der Waals surface area contributed by atoms with Crippen molar-refractivity contribution in [1.82, 2.24) is 4.98 Å². The summed E-state index contributed by atoms with van der Waals surface area (Å²) in [5.74, 6) is -0.491. The van der Waals surface area contributed by atoms with Gasteiger partial charge < -0.3 is 4.74 Å². The maximum atomic E-state index is 12.2. The molecule has 0 saturated carbocycles. The first-order valence-electron chi connectivity index (χ1n) is 7.09. The molecule has 0 saturated heterocycles. The van der Waals surface area contributed by atoms with Gasteiger partial charge in [0.05, 0.1) is 6.61 Å². The van der Waals surface area contributed by atoms with Crippen molar-refractivity contribution in [2.24, 2.45) is 0 Å². The van der Waals surface area contributed by atoms with Crippen LogP contribution in [0.3, 0.4) is 0 Å². The maximum absolute atomic E-state index is 12.2. The van der Waals surface area contributed by atoms with Gasteiger partial charge in [-0.2, -0.15) is 0 Å².